The summed E-state index contributed by atoms with van der Waals surface area (Å²) < 4.78 is 11.0. The molecular weight excluding hydrogens is 359 g/mol. The second-order valence-corrected chi connectivity index (χ2v) is 8.44. The third kappa shape index (κ3) is 5.67. The van der Waals surface area contributed by atoms with Crippen molar-refractivity contribution < 1.29 is 19.5 Å². The topological polar surface area (TPSA) is 77.8 Å². The first-order chi connectivity index (χ1) is 12.9. The van der Waals surface area contributed by atoms with Crippen molar-refractivity contribution in [2.24, 2.45) is 0 Å². The van der Waals surface area contributed by atoms with Gasteiger partial charge in [-0.05, 0) is 66.2 Å². The first kappa shape index (κ1) is 19.6. The Balaban J connectivity index is 2.00. The minimum absolute atomic E-state index is 0.252. The van der Waals surface area contributed by atoms with E-state index in [0.717, 1.165) is 35.3 Å². The summed E-state index contributed by atoms with van der Waals surface area (Å²) in [5, 5.41) is 9.64. The molecule has 0 amide bonds. The summed E-state index contributed by atoms with van der Waals surface area (Å²) in [6, 6.07) is 15.1. The number of rotatable bonds is 4. The molecule has 0 atom stereocenters. The van der Waals surface area contributed by atoms with Gasteiger partial charge in [0.15, 0.2) is 0 Å². The van der Waals surface area contributed by atoms with E-state index in [4.69, 9.17) is 9.79 Å². The first-order valence-corrected chi connectivity index (χ1v) is 11.0. The lowest BCUT2D eigenvalue weighted by molar-refractivity contribution is 0.386. The monoisotopic (exact) mass is 384 g/mol. The van der Waals surface area contributed by atoms with Crippen LogP contribution in [0, 0.1) is 0 Å². The Morgan fingerprint density at radius 3 is 1.85 bits per heavy atom. The molecule has 3 rings (SSSR count). The molecule has 1 aliphatic rings. The molecule has 3 N–H and O–H groups in total. The van der Waals surface area contributed by atoms with Gasteiger partial charge in [-0.1, -0.05) is 54.8 Å². The van der Waals surface area contributed by atoms with Crippen molar-refractivity contribution in [3.05, 3.63) is 76.6 Å². The van der Waals surface area contributed by atoms with Crippen molar-refractivity contribution in [3.8, 4) is 5.75 Å². The zero-order chi connectivity index (χ0) is 19.3. The van der Waals surface area contributed by atoms with Gasteiger partial charge in [-0.15, -0.1) is 0 Å². The molecule has 0 spiro atoms. The average molecular weight is 384 g/mol. The Morgan fingerprint density at radius 2 is 1.33 bits per heavy atom. The molecule has 0 bridgehead atoms. The van der Waals surface area contributed by atoms with E-state index in [9.17, 15) is 9.67 Å². The van der Waals surface area contributed by atoms with Crippen LogP contribution in [0.1, 0.15) is 55.2 Å². The highest BCUT2D eigenvalue weighted by Crippen LogP contribution is 2.37. The van der Waals surface area contributed by atoms with E-state index in [1.54, 1.807) is 12.1 Å². The Hall–Kier alpha value is -2.13. The van der Waals surface area contributed by atoms with Crippen molar-refractivity contribution >= 4 is 19.2 Å². The van der Waals surface area contributed by atoms with Gasteiger partial charge >= 0.3 is 7.60 Å². The standard InChI is InChI=1S/C22H25O4P/c23-21-13-11-20(12-14-21)22(18-5-3-1-2-4-6-18)19-9-7-17(8-10-19)15-16-27(24,25)26/h7-16,23H,1-6H2,(H2,24,25,26). The van der Waals surface area contributed by atoms with Crippen LogP contribution in [0.2, 0.25) is 0 Å². The molecule has 2 aromatic carbocycles. The molecule has 142 valence electrons. The smallest absolute Gasteiger partial charge is 0.349 e. The highest BCUT2D eigenvalue weighted by atomic mass is 31.2. The van der Waals surface area contributed by atoms with E-state index < -0.39 is 7.60 Å². The SMILES string of the molecule is O=P(O)(O)C=Cc1ccc(C(=C2CCCCCC2)c2ccc(O)cc2)cc1. The van der Waals surface area contributed by atoms with Crippen molar-refractivity contribution in [2.75, 3.05) is 0 Å². The predicted molar refractivity (Wildman–Crippen MR) is 109 cm³/mol. The van der Waals surface area contributed by atoms with Crippen LogP contribution in [0.4, 0.5) is 0 Å². The van der Waals surface area contributed by atoms with E-state index in [1.807, 2.05) is 36.4 Å². The van der Waals surface area contributed by atoms with Gasteiger partial charge in [0, 0.05) is 5.82 Å². The molecule has 0 saturated heterocycles. The number of allylic oxidation sites excluding steroid dienone is 1. The fraction of sp³-hybridized carbons (Fsp3) is 0.273. The lowest BCUT2D eigenvalue weighted by atomic mass is 9.89. The van der Waals surface area contributed by atoms with E-state index >= 15 is 0 Å². The molecule has 1 fully saturated rings. The molecule has 2 aromatic rings. The van der Waals surface area contributed by atoms with Crippen LogP contribution in [-0.2, 0) is 4.57 Å². The van der Waals surface area contributed by atoms with Gasteiger partial charge in [-0.25, -0.2) is 0 Å². The van der Waals surface area contributed by atoms with Crippen molar-refractivity contribution in [3.63, 3.8) is 0 Å². The van der Waals surface area contributed by atoms with E-state index in [1.165, 1.54) is 42.9 Å². The minimum atomic E-state index is -4.15. The largest absolute Gasteiger partial charge is 0.508 e. The first-order valence-electron chi connectivity index (χ1n) is 9.29. The summed E-state index contributed by atoms with van der Waals surface area (Å²) in [5.74, 6) is 1.18. The van der Waals surface area contributed by atoms with Crippen molar-refractivity contribution in [1.29, 1.82) is 0 Å². The Kier molecular flexibility index (Phi) is 6.33. The highest BCUT2D eigenvalue weighted by molar-refractivity contribution is 7.55. The third-order valence-corrected chi connectivity index (χ3v) is 5.41. The molecule has 0 unspecified atom stereocenters. The number of aromatic hydroxyl groups is 1. The fourth-order valence-electron chi connectivity index (χ4n) is 3.55. The maximum Gasteiger partial charge on any atom is 0.349 e. The quantitative estimate of drug-likeness (QED) is 0.467. The number of hydrogen-bond acceptors (Lipinski definition) is 2. The van der Waals surface area contributed by atoms with Gasteiger partial charge in [0.2, 0.25) is 0 Å². The van der Waals surface area contributed by atoms with Gasteiger partial charge in [0.1, 0.15) is 5.75 Å². The van der Waals surface area contributed by atoms with Crippen LogP contribution in [0.25, 0.3) is 11.6 Å². The molecule has 0 aliphatic heterocycles. The van der Waals surface area contributed by atoms with Gasteiger partial charge in [-0.3, -0.25) is 4.57 Å². The fourth-order valence-corrected chi connectivity index (χ4v) is 3.92. The lowest BCUT2D eigenvalue weighted by Crippen LogP contribution is -1.95. The zero-order valence-electron chi connectivity index (χ0n) is 15.2. The van der Waals surface area contributed by atoms with Gasteiger partial charge in [0.25, 0.3) is 0 Å². The summed E-state index contributed by atoms with van der Waals surface area (Å²) in [4.78, 5) is 18.0. The molecule has 1 saturated carbocycles. The summed E-state index contributed by atoms with van der Waals surface area (Å²) in [6.45, 7) is 0. The van der Waals surface area contributed by atoms with E-state index in [0.29, 0.717) is 0 Å². The summed E-state index contributed by atoms with van der Waals surface area (Å²) in [7, 11) is -4.15. The molecule has 1 aliphatic carbocycles. The van der Waals surface area contributed by atoms with E-state index in [2.05, 4.69) is 0 Å². The molecule has 0 aromatic heterocycles. The number of phenols is 1. The van der Waals surface area contributed by atoms with Crippen molar-refractivity contribution in [1.82, 2.24) is 0 Å². The number of hydrogen-bond donors (Lipinski definition) is 3. The minimum Gasteiger partial charge on any atom is -0.508 e. The molecular formula is C22H25O4P. The van der Waals surface area contributed by atoms with Crippen LogP contribution in [0.3, 0.4) is 0 Å². The zero-order valence-corrected chi connectivity index (χ0v) is 16.1. The van der Waals surface area contributed by atoms with Crippen LogP contribution in [-0.4, -0.2) is 14.9 Å². The molecule has 5 heteroatoms. The Morgan fingerprint density at radius 1 is 0.815 bits per heavy atom. The Bertz CT molecular complexity index is 864. The summed E-state index contributed by atoms with van der Waals surface area (Å²) in [5.41, 5.74) is 5.58. The van der Waals surface area contributed by atoms with Crippen LogP contribution < -0.4 is 0 Å². The van der Waals surface area contributed by atoms with Crippen LogP contribution >= 0.6 is 7.60 Å². The highest BCUT2D eigenvalue weighted by Gasteiger charge is 2.14. The lowest BCUT2D eigenvalue weighted by Gasteiger charge is -2.16. The maximum absolute atomic E-state index is 11.0. The van der Waals surface area contributed by atoms with Gasteiger partial charge in [-0.2, -0.15) is 0 Å². The predicted octanol–water partition coefficient (Wildman–Crippen LogP) is 5.70. The summed E-state index contributed by atoms with van der Waals surface area (Å²) in [6.07, 6.45) is 8.52. The average Bonchev–Trinajstić information content (AvgIpc) is 2.92. The third-order valence-electron chi connectivity index (χ3n) is 4.88. The second kappa shape index (κ2) is 8.71. The normalized spacial score (nSPS) is 15.7. The van der Waals surface area contributed by atoms with Crippen LogP contribution in [0.15, 0.2) is 59.9 Å². The second-order valence-electron chi connectivity index (χ2n) is 6.97. The Labute approximate surface area is 160 Å². The number of benzene rings is 2. The van der Waals surface area contributed by atoms with Gasteiger partial charge < -0.3 is 14.9 Å². The van der Waals surface area contributed by atoms with Crippen LogP contribution in [0.5, 0.6) is 5.75 Å². The summed E-state index contributed by atoms with van der Waals surface area (Å²) >= 11 is 0. The maximum atomic E-state index is 11.0. The molecule has 0 heterocycles. The van der Waals surface area contributed by atoms with E-state index in [-0.39, 0.29) is 5.75 Å². The van der Waals surface area contributed by atoms with Gasteiger partial charge in [0.05, 0.1) is 0 Å². The molecule has 27 heavy (non-hydrogen) atoms. The van der Waals surface area contributed by atoms with Crippen molar-refractivity contribution in [2.45, 2.75) is 38.5 Å². The molecule has 4 nitrogen and oxygen atoms in total. The molecule has 0 radical (unpaired) electrons. The number of phenolic OH excluding ortho intramolecular Hbond substituents is 1.